The predicted molar refractivity (Wildman–Crippen MR) is 172 cm³/mol. The van der Waals surface area contributed by atoms with Crippen molar-refractivity contribution in [1.82, 2.24) is 13.6 Å². The molecule has 0 N–H and O–H groups in total. The maximum Gasteiger partial charge on any atom is 0.282 e. The SMILES string of the molecule is CCCN(C)S(=O)(=O)N1CC[C@H]2[C@H]1[C@H](C)C(=O)N2c1ncc(CO[Si](c2ccccc2)(c2ccccc2)C(C)(C)C)s1. The lowest BCUT2D eigenvalue weighted by molar-refractivity contribution is -0.120. The molecule has 1 amide bonds. The highest BCUT2D eigenvalue weighted by Gasteiger charge is 2.56. The molecule has 0 spiro atoms. The second-order valence-electron chi connectivity index (χ2n) is 12.3. The van der Waals surface area contributed by atoms with Crippen molar-refractivity contribution in [3.8, 4) is 0 Å². The molecule has 5 rings (SSSR count). The van der Waals surface area contributed by atoms with Crippen LogP contribution in [0, 0.1) is 5.92 Å². The van der Waals surface area contributed by atoms with Crippen LogP contribution in [0.1, 0.15) is 52.3 Å². The molecular formula is C31H42N4O4S2Si. The molecule has 2 fully saturated rings. The fraction of sp³-hybridized carbons (Fsp3) is 0.484. The van der Waals surface area contributed by atoms with E-state index in [4.69, 9.17) is 4.43 Å². The van der Waals surface area contributed by atoms with E-state index in [2.05, 4.69) is 74.3 Å². The van der Waals surface area contributed by atoms with Gasteiger partial charge in [0.25, 0.3) is 18.5 Å². The van der Waals surface area contributed by atoms with Crippen LogP contribution in [-0.4, -0.2) is 68.5 Å². The second-order valence-corrected chi connectivity index (χ2v) is 19.7. The van der Waals surface area contributed by atoms with Crippen LogP contribution in [0.3, 0.4) is 0 Å². The zero-order valence-electron chi connectivity index (χ0n) is 25.4. The number of fused-ring (bicyclic) bond motifs is 1. The molecule has 226 valence electrons. The Hall–Kier alpha value is -2.41. The Morgan fingerprint density at radius 1 is 1.07 bits per heavy atom. The summed E-state index contributed by atoms with van der Waals surface area (Å²) in [5.41, 5.74) is 0. The number of aromatic nitrogens is 1. The summed E-state index contributed by atoms with van der Waals surface area (Å²) in [4.78, 5) is 20.9. The highest BCUT2D eigenvalue weighted by atomic mass is 32.2. The van der Waals surface area contributed by atoms with E-state index in [9.17, 15) is 13.2 Å². The van der Waals surface area contributed by atoms with Crippen molar-refractivity contribution in [2.75, 3.05) is 25.0 Å². The zero-order chi connectivity index (χ0) is 30.3. The number of hydrogen-bond donors (Lipinski definition) is 0. The van der Waals surface area contributed by atoms with Crippen LogP contribution in [0.2, 0.25) is 5.04 Å². The molecule has 42 heavy (non-hydrogen) atoms. The Labute approximate surface area is 255 Å². The Kier molecular flexibility index (Phi) is 8.82. The quantitative estimate of drug-likeness (QED) is 0.315. The molecule has 11 heteroatoms. The third-order valence-electron chi connectivity index (χ3n) is 8.67. The van der Waals surface area contributed by atoms with Crippen molar-refractivity contribution in [3.05, 3.63) is 71.7 Å². The number of anilines is 1. The molecule has 3 aromatic rings. The van der Waals surface area contributed by atoms with Gasteiger partial charge in [0.05, 0.1) is 29.5 Å². The van der Waals surface area contributed by atoms with E-state index in [1.165, 1.54) is 30.3 Å². The van der Waals surface area contributed by atoms with Gasteiger partial charge in [0, 0.05) is 26.3 Å². The summed E-state index contributed by atoms with van der Waals surface area (Å²) in [5, 5.41) is 2.88. The lowest BCUT2D eigenvalue weighted by Crippen LogP contribution is -2.66. The smallest absolute Gasteiger partial charge is 0.282 e. The minimum absolute atomic E-state index is 0.0724. The fourth-order valence-corrected chi connectivity index (χ4v) is 14.0. The molecule has 3 heterocycles. The topological polar surface area (TPSA) is 83.1 Å². The maximum absolute atomic E-state index is 13.5. The number of hydrogen-bond acceptors (Lipinski definition) is 6. The third-order valence-corrected chi connectivity index (χ3v) is 16.6. The standard InChI is InChI=1S/C31H42N4O4S2Si/c1-7-19-33(6)41(37,38)34-20-18-27-28(34)23(2)29(36)35(27)30-32-21-24(40-30)22-39-42(31(3,4)5,25-14-10-8-11-15-25)26-16-12-9-13-17-26/h8-17,21,23,27-28H,7,18-20,22H2,1-6H3/t23-,27-,28+/m0/s1. The van der Waals surface area contributed by atoms with Gasteiger partial charge in [0.2, 0.25) is 5.91 Å². The van der Waals surface area contributed by atoms with Gasteiger partial charge in [-0.25, -0.2) is 4.98 Å². The third kappa shape index (κ3) is 5.28. The summed E-state index contributed by atoms with van der Waals surface area (Å²) in [6.07, 6.45) is 3.13. The summed E-state index contributed by atoms with van der Waals surface area (Å²) < 4.78 is 36.7. The first-order valence-electron chi connectivity index (χ1n) is 14.7. The van der Waals surface area contributed by atoms with E-state index in [0.717, 1.165) is 11.3 Å². The molecule has 2 saturated heterocycles. The maximum atomic E-state index is 13.5. The zero-order valence-corrected chi connectivity index (χ0v) is 28.0. The highest BCUT2D eigenvalue weighted by molar-refractivity contribution is 7.86. The molecule has 0 saturated carbocycles. The number of thiazole rings is 1. The monoisotopic (exact) mass is 626 g/mol. The average molecular weight is 627 g/mol. The minimum atomic E-state index is -3.65. The Morgan fingerprint density at radius 2 is 1.67 bits per heavy atom. The highest BCUT2D eigenvalue weighted by Crippen LogP contribution is 2.43. The molecule has 3 atom stereocenters. The van der Waals surface area contributed by atoms with Gasteiger partial charge < -0.3 is 4.43 Å². The number of carbonyl (C=O) groups is 1. The van der Waals surface area contributed by atoms with E-state index in [1.54, 1.807) is 11.9 Å². The van der Waals surface area contributed by atoms with Crippen LogP contribution >= 0.6 is 11.3 Å². The van der Waals surface area contributed by atoms with Crippen LogP contribution < -0.4 is 15.3 Å². The molecule has 2 aliphatic heterocycles. The Morgan fingerprint density at radius 3 is 2.21 bits per heavy atom. The van der Waals surface area contributed by atoms with Gasteiger partial charge in [-0.05, 0) is 28.3 Å². The van der Waals surface area contributed by atoms with Crippen molar-refractivity contribution in [3.63, 3.8) is 0 Å². The van der Waals surface area contributed by atoms with E-state index in [-0.39, 0.29) is 17.0 Å². The number of amides is 1. The van der Waals surface area contributed by atoms with Crippen molar-refractivity contribution in [2.45, 2.75) is 71.2 Å². The summed E-state index contributed by atoms with van der Waals surface area (Å²) in [7, 11) is -4.76. The molecule has 0 bridgehead atoms. The van der Waals surface area contributed by atoms with E-state index >= 15 is 0 Å². The molecule has 0 radical (unpaired) electrons. The number of rotatable bonds is 10. The fourth-order valence-electron chi connectivity index (χ4n) is 6.70. The normalized spacial score (nSPS) is 21.8. The van der Waals surface area contributed by atoms with Crippen molar-refractivity contribution >= 4 is 51.3 Å². The van der Waals surface area contributed by atoms with Gasteiger partial charge in [-0.1, -0.05) is 107 Å². The number of carbonyl (C=O) groups excluding carboxylic acids is 1. The van der Waals surface area contributed by atoms with Gasteiger partial charge in [-0.15, -0.1) is 0 Å². The van der Waals surface area contributed by atoms with Crippen LogP contribution in [0.15, 0.2) is 66.9 Å². The molecule has 2 aromatic carbocycles. The Balaban J connectivity index is 1.42. The number of benzene rings is 2. The molecule has 8 nitrogen and oxygen atoms in total. The van der Waals surface area contributed by atoms with Gasteiger partial charge in [0.1, 0.15) is 0 Å². The molecule has 1 aromatic heterocycles. The molecular weight excluding hydrogens is 585 g/mol. The molecule has 2 aliphatic rings. The molecule has 0 aliphatic carbocycles. The summed E-state index contributed by atoms with van der Waals surface area (Å²) >= 11 is 1.46. The average Bonchev–Trinajstić information content (AvgIpc) is 3.67. The van der Waals surface area contributed by atoms with Crippen LogP contribution in [0.25, 0.3) is 0 Å². The van der Waals surface area contributed by atoms with Crippen LogP contribution in [-0.2, 0) is 26.0 Å². The second kappa shape index (κ2) is 11.9. The summed E-state index contributed by atoms with van der Waals surface area (Å²) in [6, 6.07) is 20.4. The summed E-state index contributed by atoms with van der Waals surface area (Å²) in [5.74, 6) is -0.514. The van der Waals surface area contributed by atoms with E-state index in [0.29, 0.717) is 31.2 Å². The Bertz CT molecular complexity index is 1450. The van der Waals surface area contributed by atoms with Gasteiger partial charge in [-0.3, -0.25) is 9.69 Å². The van der Waals surface area contributed by atoms with Gasteiger partial charge >= 0.3 is 0 Å². The lowest BCUT2D eigenvalue weighted by Gasteiger charge is -2.42. The first kappa shape index (κ1) is 31.0. The molecule has 0 unspecified atom stereocenters. The van der Waals surface area contributed by atoms with Crippen molar-refractivity contribution in [2.24, 2.45) is 5.92 Å². The van der Waals surface area contributed by atoms with Crippen molar-refractivity contribution in [1.29, 1.82) is 0 Å². The van der Waals surface area contributed by atoms with E-state index in [1.807, 2.05) is 32.2 Å². The van der Waals surface area contributed by atoms with E-state index < -0.39 is 30.5 Å². The van der Waals surface area contributed by atoms with Gasteiger partial charge in [0.15, 0.2) is 5.13 Å². The number of nitrogens with zero attached hydrogens (tertiary/aromatic N) is 4. The van der Waals surface area contributed by atoms with Crippen LogP contribution in [0.4, 0.5) is 5.13 Å². The largest absolute Gasteiger partial charge is 0.402 e. The first-order chi connectivity index (χ1) is 19.9. The first-order valence-corrected chi connectivity index (χ1v) is 18.8. The predicted octanol–water partition coefficient (Wildman–Crippen LogP) is 4.23. The van der Waals surface area contributed by atoms with Crippen molar-refractivity contribution < 1.29 is 17.6 Å². The van der Waals surface area contributed by atoms with Gasteiger partial charge in [-0.2, -0.15) is 17.0 Å². The van der Waals surface area contributed by atoms with Crippen LogP contribution in [0.5, 0.6) is 0 Å². The summed E-state index contributed by atoms with van der Waals surface area (Å²) in [6.45, 7) is 11.8. The minimum Gasteiger partial charge on any atom is -0.402 e. The lowest BCUT2D eigenvalue weighted by atomic mass is 10.0.